The van der Waals surface area contributed by atoms with Gasteiger partial charge in [0.1, 0.15) is 0 Å². The molecule has 0 fully saturated rings. The first kappa shape index (κ1) is 21.3. The fraction of sp³-hybridized carbons (Fsp3) is 0.125. The first-order chi connectivity index (χ1) is 14.8. The van der Waals surface area contributed by atoms with Crippen molar-refractivity contribution in [3.63, 3.8) is 0 Å². The van der Waals surface area contributed by atoms with Gasteiger partial charge in [-0.05, 0) is 67.8 Å². The highest BCUT2D eigenvalue weighted by Gasteiger charge is 2.20. The van der Waals surface area contributed by atoms with E-state index < -0.39 is 0 Å². The van der Waals surface area contributed by atoms with E-state index in [1.54, 1.807) is 4.68 Å². The van der Waals surface area contributed by atoms with Gasteiger partial charge in [0.2, 0.25) is 5.82 Å². The number of nitrogens with zero attached hydrogens (tertiary/aromatic N) is 3. The third-order valence-electron chi connectivity index (χ3n) is 5.17. The Morgan fingerprint density at radius 2 is 1.74 bits per heavy atom. The SMILES string of the molecule is Cc1ccc(-n2nc(C(=O)Nc3cccc(C)c3C)nc2-c2ccc(Br)cc2)cc1Cl. The van der Waals surface area contributed by atoms with E-state index in [1.165, 1.54) is 0 Å². The van der Waals surface area contributed by atoms with Crippen LogP contribution in [-0.4, -0.2) is 20.7 Å². The molecule has 0 atom stereocenters. The molecule has 0 bridgehead atoms. The van der Waals surface area contributed by atoms with E-state index in [4.69, 9.17) is 11.6 Å². The predicted molar refractivity (Wildman–Crippen MR) is 128 cm³/mol. The van der Waals surface area contributed by atoms with E-state index in [9.17, 15) is 4.79 Å². The summed E-state index contributed by atoms with van der Waals surface area (Å²) in [7, 11) is 0. The van der Waals surface area contributed by atoms with Gasteiger partial charge in [-0.1, -0.05) is 57.9 Å². The molecule has 31 heavy (non-hydrogen) atoms. The van der Waals surface area contributed by atoms with E-state index in [1.807, 2.05) is 81.4 Å². The Bertz CT molecular complexity index is 1280. The van der Waals surface area contributed by atoms with Gasteiger partial charge in [-0.15, -0.1) is 5.10 Å². The quantitative estimate of drug-likeness (QED) is 0.350. The van der Waals surface area contributed by atoms with Crippen LogP contribution in [-0.2, 0) is 0 Å². The predicted octanol–water partition coefficient (Wildman–Crippen LogP) is 6.53. The van der Waals surface area contributed by atoms with Gasteiger partial charge in [-0.3, -0.25) is 4.79 Å². The second-order valence-electron chi connectivity index (χ2n) is 7.31. The van der Waals surface area contributed by atoms with Crippen LogP contribution in [0, 0.1) is 20.8 Å². The zero-order chi connectivity index (χ0) is 22.1. The summed E-state index contributed by atoms with van der Waals surface area (Å²) in [6, 6.07) is 19.1. The van der Waals surface area contributed by atoms with Crippen molar-refractivity contribution < 1.29 is 4.79 Å². The van der Waals surface area contributed by atoms with Crippen molar-refractivity contribution in [1.29, 1.82) is 0 Å². The number of carbonyl (C=O) groups is 1. The monoisotopic (exact) mass is 494 g/mol. The van der Waals surface area contributed by atoms with Crippen LogP contribution in [0.25, 0.3) is 17.1 Å². The summed E-state index contributed by atoms with van der Waals surface area (Å²) in [4.78, 5) is 17.6. The summed E-state index contributed by atoms with van der Waals surface area (Å²) >= 11 is 9.80. The molecule has 4 aromatic rings. The van der Waals surface area contributed by atoms with Gasteiger partial charge in [-0.25, -0.2) is 9.67 Å². The Balaban J connectivity index is 1.78. The average Bonchev–Trinajstić information content (AvgIpc) is 3.19. The van der Waals surface area contributed by atoms with Gasteiger partial charge < -0.3 is 5.32 Å². The maximum absolute atomic E-state index is 13.0. The minimum atomic E-state index is -0.371. The molecular weight excluding hydrogens is 476 g/mol. The number of hydrogen-bond acceptors (Lipinski definition) is 3. The van der Waals surface area contributed by atoms with E-state index in [0.29, 0.717) is 10.8 Å². The van der Waals surface area contributed by atoms with Crippen molar-refractivity contribution >= 4 is 39.1 Å². The Labute approximate surface area is 194 Å². The molecule has 4 rings (SSSR count). The van der Waals surface area contributed by atoms with Crippen LogP contribution in [0.15, 0.2) is 65.1 Å². The molecule has 0 saturated heterocycles. The summed E-state index contributed by atoms with van der Waals surface area (Å²) in [5.74, 6) is 0.262. The largest absolute Gasteiger partial charge is 0.319 e. The zero-order valence-electron chi connectivity index (χ0n) is 17.3. The van der Waals surface area contributed by atoms with Crippen LogP contribution >= 0.6 is 27.5 Å². The summed E-state index contributed by atoms with van der Waals surface area (Å²) in [5, 5.41) is 8.07. The highest BCUT2D eigenvalue weighted by Crippen LogP contribution is 2.26. The topological polar surface area (TPSA) is 59.8 Å². The lowest BCUT2D eigenvalue weighted by molar-refractivity contribution is 0.101. The second kappa shape index (κ2) is 8.65. The van der Waals surface area contributed by atoms with Crippen molar-refractivity contribution in [2.45, 2.75) is 20.8 Å². The first-order valence-electron chi connectivity index (χ1n) is 9.70. The summed E-state index contributed by atoms with van der Waals surface area (Å²) in [6.45, 7) is 5.91. The molecule has 0 aliphatic heterocycles. The fourth-order valence-electron chi connectivity index (χ4n) is 3.15. The smallest absolute Gasteiger partial charge is 0.295 e. The van der Waals surface area contributed by atoms with Crippen LogP contribution in [0.1, 0.15) is 27.3 Å². The van der Waals surface area contributed by atoms with Gasteiger partial charge >= 0.3 is 0 Å². The molecule has 0 aliphatic carbocycles. The highest BCUT2D eigenvalue weighted by atomic mass is 79.9. The Morgan fingerprint density at radius 3 is 2.45 bits per heavy atom. The van der Waals surface area contributed by atoms with Gasteiger partial charge in [0.25, 0.3) is 5.91 Å². The molecule has 0 aliphatic rings. The molecule has 156 valence electrons. The van der Waals surface area contributed by atoms with Crippen LogP contribution in [0.4, 0.5) is 5.69 Å². The molecule has 1 heterocycles. The Kier molecular flexibility index (Phi) is 5.94. The maximum Gasteiger partial charge on any atom is 0.295 e. The lowest BCUT2D eigenvalue weighted by atomic mass is 10.1. The minimum absolute atomic E-state index is 0.0792. The van der Waals surface area contributed by atoms with Gasteiger partial charge in [0.15, 0.2) is 5.82 Å². The van der Waals surface area contributed by atoms with Crippen molar-refractivity contribution in [1.82, 2.24) is 14.8 Å². The zero-order valence-corrected chi connectivity index (χ0v) is 19.6. The number of halogens is 2. The van der Waals surface area contributed by atoms with E-state index >= 15 is 0 Å². The van der Waals surface area contributed by atoms with E-state index in [-0.39, 0.29) is 11.7 Å². The molecule has 5 nitrogen and oxygen atoms in total. The number of aryl methyl sites for hydroxylation is 2. The van der Waals surface area contributed by atoms with Crippen molar-refractivity contribution in [2.75, 3.05) is 5.32 Å². The summed E-state index contributed by atoms with van der Waals surface area (Å²) < 4.78 is 2.60. The maximum atomic E-state index is 13.0. The number of carbonyl (C=O) groups excluding carboxylic acids is 1. The van der Waals surface area contributed by atoms with Crippen LogP contribution in [0.3, 0.4) is 0 Å². The van der Waals surface area contributed by atoms with Crippen molar-refractivity contribution in [3.05, 3.63) is 92.7 Å². The second-order valence-corrected chi connectivity index (χ2v) is 8.64. The molecule has 0 spiro atoms. The van der Waals surface area contributed by atoms with Gasteiger partial charge in [-0.2, -0.15) is 0 Å². The molecule has 1 aromatic heterocycles. The minimum Gasteiger partial charge on any atom is -0.319 e. The number of hydrogen-bond donors (Lipinski definition) is 1. The number of nitrogens with one attached hydrogen (secondary N) is 1. The van der Waals surface area contributed by atoms with E-state index in [0.717, 1.165) is 38.1 Å². The van der Waals surface area contributed by atoms with Crippen LogP contribution < -0.4 is 5.32 Å². The summed E-state index contributed by atoms with van der Waals surface area (Å²) in [5.41, 5.74) is 5.37. The van der Waals surface area contributed by atoms with E-state index in [2.05, 4.69) is 31.3 Å². The molecule has 0 saturated carbocycles. The molecule has 0 radical (unpaired) electrons. The van der Waals surface area contributed by atoms with Crippen molar-refractivity contribution in [2.24, 2.45) is 0 Å². The third kappa shape index (κ3) is 4.40. The third-order valence-corrected chi connectivity index (χ3v) is 6.10. The fourth-order valence-corrected chi connectivity index (χ4v) is 3.59. The molecule has 3 aromatic carbocycles. The number of amides is 1. The number of aromatic nitrogens is 3. The van der Waals surface area contributed by atoms with Crippen molar-refractivity contribution in [3.8, 4) is 17.1 Å². The Morgan fingerprint density at radius 1 is 1.00 bits per heavy atom. The Hall–Kier alpha value is -2.96. The lowest BCUT2D eigenvalue weighted by Crippen LogP contribution is -2.15. The molecule has 1 N–H and O–H groups in total. The highest BCUT2D eigenvalue weighted by molar-refractivity contribution is 9.10. The standard InChI is InChI=1S/C24H20BrClN4O/c1-14-5-4-6-21(16(14)3)27-24(31)22-28-23(17-8-10-18(25)11-9-17)30(29-22)19-12-7-15(2)20(26)13-19/h4-13H,1-3H3,(H,27,31). The molecule has 7 heteroatoms. The van der Waals surface area contributed by atoms with Crippen LogP contribution in [0.2, 0.25) is 5.02 Å². The number of benzene rings is 3. The summed E-state index contributed by atoms with van der Waals surface area (Å²) in [6.07, 6.45) is 0. The lowest BCUT2D eigenvalue weighted by Gasteiger charge is -2.08. The number of rotatable bonds is 4. The first-order valence-corrected chi connectivity index (χ1v) is 10.9. The molecular formula is C24H20BrClN4O. The van der Waals surface area contributed by atoms with Crippen LogP contribution in [0.5, 0.6) is 0 Å². The van der Waals surface area contributed by atoms with Gasteiger partial charge in [0.05, 0.1) is 5.69 Å². The van der Waals surface area contributed by atoms with Gasteiger partial charge in [0, 0.05) is 20.7 Å². The normalized spacial score (nSPS) is 10.9. The molecule has 1 amide bonds. The molecule has 0 unspecified atom stereocenters. The number of anilines is 1. The average molecular weight is 496 g/mol.